The summed E-state index contributed by atoms with van der Waals surface area (Å²) in [6.45, 7) is 6.12. The van der Waals surface area contributed by atoms with Gasteiger partial charge in [0.1, 0.15) is 9.97 Å². The number of sulfone groups is 1. The van der Waals surface area contributed by atoms with Crippen LogP contribution in [0.25, 0.3) is 5.76 Å². The molecule has 1 aliphatic rings. The molecule has 4 aromatic rings. The Morgan fingerprint density at radius 1 is 1.00 bits per heavy atom. The van der Waals surface area contributed by atoms with E-state index in [9.17, 15) is 33.2 Å². The smallest absolute Gasteiger partial charge is 0.301 e. The van der Waals surface area contributed by atoms with Gasteiger partial charge in [0.15, 0.2) is 5.13 Å². The van der Waals surface area contributed by atoms with Gasteiger partial charge >= 0.3 is 5.91 Å². The molecule has 13 heteroatoms. The van der Waals surface area contributed by atoms with Gasteiger partial charge in [0.25, 0.3) is 11.5 Å². The molecule has 0 saturated carbocycles. The van der Waals surface area contributed by atoms with Crippen molar-refractivity contribution >= 4 is 61.0 Å². The Hall–Kier alpha value is -4.39. The topological polar surface area (TPSA) is 148 Å². The summed E-state index contributed by atoms with van der Waals surface area (Å²) in [5.74, 6) is -2.38. The molecule has 3 aromatic carbocycles. The van der Waals surface area contributed by atoms with Crippen molar-refractivity contribution in [3.8, 4) is 0 Å². The molecule has 0 bridgehead atoms. The van der Waals surface area contributed by atoms with Gasteiger partial charge in [-0.05, 0) is 52.9 Å². The second-order valence-electron chi connectivity index (χ2n) is 10.8. The van der Waals surface area contributed by atoms with Gasteiger partial charge in [0, 0.05) is 22.7 Å². The molecule has 0 radical (unpaired) electrons. The fourth-order valence-corrected chi connectivity index (χ4v) is 7.30. The number of nitro groups is 1. The molecule has 43 heavy (non-hydrogen) atoms. The lowest BCUT2D eigenvalue weighted by Gasteiger charge is -2.24. The Balaban J connectivity index is 1.63. The van der Waals surface area contributed by atoms with Crippen LogP contribution in [0.1, 0.15) is 43.5 Å². The molecule has 0 aliphatic carbocycles. The van der Waals surface area contributed by atoms with Gasteiger partial charge in [-0.2, -0.15) is 0 Å². The number of thiazole rings is 1. The third-order valence-corrected chi connectivity index (χ3v) is 10.4. The minimum Gasteiger partial charge on any atom is -0.507 e. The van der Waals surface area contributed by atoms with Crippen molar-refractivity contribution in [3.63, 3.8) is 0 Å². The van der Waals surface area contributed by atoms with E-state index in [1.165, 1.54) is 24.3 Å². The summed E-state index contributed by atoms with van der Waals surface area (Å²) in [7, 11) is -4.17. The lowest BCUT2D eigenvalue weighted by atomic mass is 9.85. The van der Waals surface area contributed by atoms with Crippen molar-refractivity contribution in [3.05, 3.63) is 116 Å². The summed E-state index contributed by atoms with van der Waals surface area (Å²) < 4.78 is 26.4. The lowest BCUT2D eigenvalue weighted by Crippen LogP contribution is -2.29. The van der Waals surface area contributed by atoms with E-state index in [2.05, 4.69) is 4.98 Å². The predicted octanol–water partition coefficient (Wildman–Crippen LogP) is 6.46. The molecule has 10 nitrogen and oxygen atoms in total. The number of aliphatic hydroxyl groups excluding tert-OH is 1. The van der Waals surface area contributed by atoms with Crippen LogP contribution in [0, 0.1) is 10.1 Å². The zero-order chi connectivity index (χ0) is 31.3. The van der Waals surface area contributed by atoms with Crippen molar-refractivity contribution in [2.45, 2.75) is 41.3 Å². The number of hydrogen-bond donors (Lipinski definition) is 1. The number of aromatic nitrogens is 1. The molecule has 1 aliphatic heterocycles. The number of hydrogen-bond acceptors (Lipinski definition) is 9. The van der Waals surface area contributed by atoms with Crippen molar-refractivity contribution in [1.29, 1.82) is 0 Å². The Morgan fingerprint density at radius 2 is 1.60 bits per heavy atom. The molecule has 5 rings (SSSR count). The van der Waals surface area contributed by atoms with Gasteiger partial charge in [-0.3, -0.25) is 24.6 Å². The number of nitro benzene ring substituents is 1. The Bertz CT molecular complexity index is 1890. The van der Waals surface area contributed by atoms with E-state index in [4.69, 9.17) is 11.6 Å². The molecule has 1 amide bonds. The zero-order valence-electron chi connectivity index (χ0n) is 23.0. The minimum atomic E-state index is -4.17. The molecule has 1 atom stereocenters. The first-order valence-corrected chi connectivity index (χ1v) is 15.5. The number of carbonyl (C=O) groups excluding carboxylic acids is 2. The number of aliphatic hydroxyl groups is 1. The highest BCUT2D eigenvalue weighted by molar-refractivity contribution is 7.93. The number of carbonyl (C=O) groups is 2. The van der Waals surface area contributed by atoms with Gasteiger partial charge in [-0.25, -0.2) is 13.4 Å². The van der Waals surface area contributed by atoms with Crippen LogP contribution < -0.4 is 4.90 Å². The molecule has 2 heterocycles. The second-order valence-corrected chi connectivity index (χ2v) is 14.4. The highest BCUT2D eigenvalue weighted by atomic mass is 35.5. The van der Waals surface area contributed by atoms with E-state index < -0.39 is 38.3 Å². The van der Waals surface area contributed by atoms with E-state index in [1.807, 2.05) is 32.9 Å². The first kappa shape index (κ1) is 30.1. The van der Waals surface area contributed by atoms with Crippen LogP contribution in [0.3, 0.4) is 0 Å². The monoisotopic (exact) mass is 637 g/mol. The number of non-ortho nitro benzene ring substituents is 1. The van der Waals surface area contributed by atoms with Gasteiger partial charge in [0.2, 0.25) is 9.84 Å². The fraction of sp³-hybridized carbons (Fsp3) is 0.167. The maximum absolute atomic E-state index is 13.5. The summed E-state index contributed by atoms with van der Waals surface area (Å²) in [6, 6.07) is 16.6. The summed E-state index contributed by atoms with van der Waals surface area (Å²) in [6.07, 6.45) is 1.06. The van der Waals surface area contributed by atoms with Gasteiger partial charge < -0.3 is 5.11 Å². The number of nitrogens with zero attached hydrogens (tertiary/aromatic N) is 3. The number of Topliss-reactive ketones (excluding diaryl/α,β-unsaturated/α-hetero) is 1. The van der Waals surface area contributed by atoms with Gasteiger partial charge in [0.05, 0.1) is 27.6 Å². The van der Waals surface area contributed by atoms with Crippen LogP contribution in [0.5, 0.6) is 0 Å². The Morgan fingerprint density at radius 3 is 2.16 bits per heavy atom. The van der Waals surface area contributed by atoms with Crippen molar-refractivity contribution in [2.75, 3.05) is 4.90 Å². The highest BCUT2D eigenvalue weighted by Crippen LogP contribution is 2.44. The largest absolute Gasteiger partial charge is 0.507 e. The quantitative estimate of drug-likeness (QED) is 0.0832. The van der Waals surface area contributed by atoms with Crippen LogP contribution >= 0.6 is 22.9 Å². The van der Waals surface area contributed by atoms with Crippen LogP contribution in [0.2, 0.25) is 5.02 Å². The number of amides is 1. The SMILES string of the molecule is CC(C)(C)c1ccc(C2C(=C(O)c3ccc(Cl)cc3)C(=O)C(=O)N2c2ncc(S(=O)(=O)c3ccc([N+](=O)[O-])cc3)s2)cc1. The van der Waals surface area contributed by atoms with Crippen molar-refractivity contribution in [2.24, 2.45) is 0 Å². The lowest BCUT2D eigenvalue weighted by molar-refractivity contribution is -0.384. The van der Waals surface area contributed by atoms with E-state index >= 15 is 0 Å². The van der Waals surface area contributed by atoms with Crippen LogP contribution in [0.4, 0.5) is 10.8 Å². The molecule has 1 fully saturated rings. The summed E-state index contributed by atoms with van der Waals surface area (Å²) in [4.78, 5) is 42.4. The number of anilines is 1. The molecule has 1 saturated heterocycles. The van der Waals surface area contributed by atoms with E-state index in [-0.39, 0.29) is 36.5 Å². The number of benzene rings is 3. The van der Waals surface area contributed by atoms with E-state index in [0.29, 0.717) is 21.9 Å². The van der Waals surface area contributed by atoms with Crippen molar-refractivity contribution < 1.29 is 28.0 Å². The highest BCUT2D eigenvalue weighted by Gasteiger charge is 2.48. The zero-order valence-corrected chi connectivity index (χ0v) is 25.4. The third kappa shape index (κ3) is 5.56. The molecule has 1 unspecified atom stereocenters. The average molecular weight is 638 g/mol. The standard InChI is InChI=1S/C30H24ClN3O7S2/c1-30(2,3)19-8-4-17(5-9-19)25-24(26(35)18-6-10-20(31)11-7-18)27(36)28(37)33(25)29-32-16-23(42-29)43(40,41)22-14-12-21(13-15-22)34(38)39/h4-16,25,35H,1-3H3. The van der Waals surface area contributed by atoms with Gasteiger partial charge in [-0.15, -0.1) is 0 Å². The van der Waals surface area contributed by atoms with Crippen molar-refractivity contribution in [1.82, 2.24) is 4.98 Å². The van der Waals surface area contributed by atoms with Gasteiger partial charge in [-0.1, -0.05) is 68.0 Å². The minimum absolute atomic E-state index is 0.0809. The summed E-state index contributed by atoms with van der Waals surface area (Å²) in [5, 5.41) is 22.6. The predicted molar refractivity (Wildman–Crippen MR) is 162 cm³/mol. The average Bonchev–Trinajstić information content (AvgIpc) is 3.56. The number of ketones is 1. The second kappa shape index (κ2) is 11.0. The molecular formula is C30H24ClN3O7S2. The van der Waals surface area contributed by atoms with E-state index in [0.717, 1.165) is 40.9 Å². The summed E-state index contributed by atoms with van der Waals surface area (Å²) >= 11 is 6.66. The normalized spacial score (nSPS) is 16.9. The number of halogens is 1. The first-order valence-electron chi connectivity index (χ1n) is 12.8. The summed E-state index contributed by atoms with van der Waals surface area (Å²) in [5.41, 5.74) is 1.12. The molecule has 0 spiro atoms. The maximum Gasteiger partial charge on any atom is 0.301 e. The maximum atomic E-state index is 13.5. The Kier molecular flexibility index (Phi) is 7.71. The van der Waals surface area contributed by atoms with Crippen LogP contribution in [-0.4, -0.2) is 35.1 Å². The van der Waals surface area contributed by atoms with Crippen LogP contribution in [0.15, 0.2) is 93.7 Å². The number of rotatable bonds is 6. The fourth-order valence-electron chi connectivity index (χ4n) is 4.62. The Labute approximate surface area is 256 Å². The molecule has 220 valence electrons. The first-order chi connectivity index (χ1) is 20.2. The molecule has 1 aromatic heterocycles. The van der Waals surface area contributed by atoms with Crippen LogP contribution in [-0.2, 0) is 24.8 Å². The van der Waals surface area contributed by atoms with E-state index in [1.54, 1.807) is 12.1 Å². The third-order valence-electron chi connectivity index (χ3n) is 6.96. The molecule has 1 N–H and O–H groups in total. The molecular weight excluding hydrogens is 614 g/mol.